The number of anilines is 1. The highest BCUT2D eigenvalue weighted by atomic mass is 32.1. The Kier molecular flexibility index (Phi) is 5.59. The second-order valence-corrected chi connectivity index (χ2v) is 8.05. The molecule has 8 nitrogen and oxygen atoms in total. The first-order chi connectivity index (χ1) is 14.5. The lowest BCUT2D eigenvalue weighted by atomic mass is 10.2. The summed E-state index contributed by atoms with van der Waals surface area (Å²) in [4.78, 5) is 42.7. The molecule has 0 aliphatic carbocycles. The van der Waals surface area contributed by atoms with Gasteiger partial charge in [0.2, 0.25) is 0 Å². The molecule has 2 N–H and O–H groups in total. The molecular weight excluding hydrogens is 426 g/mol. The number of nitrogens with zero attached hydrogens (tertiary/aromatic N) is 2. The van der Waals surface area contributed by atoms with Gasteiger partial charge in [0, 0.05) is 21.5 Å². The van der Waals surface area contributed by atoms with Crippen molar-refractivity contribution in [3.63, 3.8) is 0 Å². The highest BCUT2D eigenvalue weighted by Gasteiger charge is 2.16. The lowest BCUT2D eigenvalue weighted by molar-refractivity contribution is -0.147. The average Bonchev–Trinajstić information content (AvgIpc) is 3.40. The SMILES string of the molecule is O=C(COC(=O)Cn1cnc2scc(-c3cccs3)c2c1=O)Nc1ccc(O)cc1. The van der Waals surface area contributed by atoms with Gasteiger partial charge in [-0.05, 0) is 35.7 Å². The molecule has 0 fully saturated rings. The number of amides is 1. The van der Waals surface area contributed by atoms with Crippen molar-refractivity contribution in [1.82, 2.24) is 9.55 Å². The van der Waals surface area contributed by atoms with E-state index in [1.54, 1.807) is 0 Å². The molecule has 4 rings (SSSR count). The predicted molar refractivity (Wildman–Crippen MR) is 115 cm³/mol. The maximum absolute atomic E-state index is 12.9. The largest absolute Gasteiger partial charge is 0.508 e. The van der Waals surface area contributed by atoms with Crippen LogP contribution in [0.25, 0.3) is 20.7 Å². The van der Waals surface area contributed by atoms with Crippen LogP contribution in [0.3, 0.4) is 0 Å². The third kappa shape index (κ3) is 4.24. The lowest BCUT2D eigenvalue weighted by Gasteiger charge is -2.08. The maximum Gasteiger partial charge on any atom is 0.326 e. The Morgan fingerprint density at radius 1 is 1.17 bits per heavy atom. The number of phenols is 1. The van der Waals surface area contributed by atoms with E-state index in [2.05, 4.69) is 10.3 Å². The zero-order valence-electron chi connectivity index (χ0n) is 15.4. The number of carbonyl (C=O) groups is 2. The second kappa shape index (κ2) is 8.47. The lowest BCUT2D eigenvalue weighted by Crippen LogP contribution is -2.28. The van der Waals surface area contributed by atoms with Crippen LogP contribution in [0.15, 0.2) is 58.3 Å². The van der Waals surface area contributed by atoms with Crippen molar-refractivity contribution < 1.29 is 19.4 Å². The van der Waals surface area contributed by atoms with Crippen LogP contribution in [0.1, 0.15) is 0 Å². The molecule has 3 heterocycles. The molecule has 0 aliphatic heterocycles. The number of ether oxygens (including phenoxy) is 1. The van der Waals surface area contributed by atoms with E-state index in [0.717, 1.165) is 10.4 Å². The number of thiophene rings is 2. The van der Waals surface area contributed by atoms with Crippen LogP contribution in [-0.2, 0) is 20.9 Å². The van der Waals surface area contributed by atoms with Gasteiger partial charge in [-0.25, -0.2) is 4.98 Å². The van der Waals surface area contributed by atoms with Gasteiger partial charge in [0.1, 0.15) is 17.1 Å². The zero-order valence-corrected chi connectivity index (χ0v) is 17.0. The van der Waals surface area contributed by atoms with Crippen LogP contribution in [0.2, 0.25) is 0 Å². The van der Waals surface area contributed by atoms with Crippen LogP contribution >= 0.6 is 22.7 Å². The summed E-state index contributed by atoms with van der Waals surface area (Å²) in [5.41, 5.74) is 0.909. The van der Waals surface area contributed by atoms with Gasteiger partial charge in [-0.2, -0.15) is 0 Å². The smallest absolute Gasteiger partial charge is 0.326 e. The Balaban J connectivity index is 1.42. The topological polar surface area (TPSA) is 111 Å². The molecule has 0 unspecified atom stereocenters. The van der Waals surface area contributed by atoms with E-state index in [4.69, 9.17) is 4.74 Å². The first kappa shape index (κ1) is 19.8. The van der Waals surface area contributed by atoms with Crippen molar-refractivity contribution in [3.05, 3.63) is 63.8 Å². The molecule has 0 spiro atoms. The molecule has 1 aromatic carbocycles. The summed E-state index contributed by atoms with van der Waals surface area (Å²) in [5.74, 6) is -1.19. The molecule has 152 valence electrons. The Labute approximate surface area is 178 Å². The van der Waals surface area contributed by atoms with Crippen molar-refractivity contribution in [2.24, 2.45) is 0 Å². The number of hydrogen-bond donors (Lipinski definition) is 2. The number of nitrogens with one attached hydrogen (secondary N) is 1. The van der Waals surface area contributed by atoms with Gasteiger partial charge in [-0.1, -0.05) is 6.07 Å². The number of esters is 1. The van der Waals surface area contributed by atoms with Gasteiger partial charge in [0.15, 0.2) is 6.61 Å². The number of phenolic OH excluding ortho intramolecular Hbond substituents is 1. The fraction of sp³-hybridized carbons (Fsp3) is 0.100. The molecule has 0 aliphatic rings. The third-order valence-electron chi connectivity index (χ3n) is 4.16. The van der Waals surface area contributed by atoms with Crippen molar-refractivity contribution in [2.45, 2.75) is 6.54 Å². The molecule has 10 heteroatoms. The summed E-state index contributed by atoms with van der Waals surface area (Å²) in [5, 5.41) is 16.0. The number of hydrogen-bond acceptors (Lipinski definition) is 8. The van der Waals surface area contributed by atoms with E-state index in [9.17, 15) is 19.5 Å². The number of fused-ring (bicyclic) bond motifs is 1. The summed E-state index contributed by atoms with van der Waals surface area (Å²) < 4.78 is 6.14. The number of aromatic nitrogens is 2. The van der Waals surface area contributed by atoms with Crippen molar-refractivity contribution in [3.8, 4) is 16.2 Å². The standard InChI is InChI=1S/C20H15N3O5S2/c24-13-5-3-12(4-6-13)22-16(25)9-28-17(26)8-23-11-21-19-18(20(23)27)14(10-30-19)15-2-1-7-29-15/h1-7,10-11,24H,8-9H2,(H,22,25). The molecule has 30 heavy (non-hydrogen) atoms. The quantitative estimate of drug-likeness (QED) is 0.351. The molecule has 0 saturated carbocycles. The molecule has 4 aromatic rings. The fourth-order valence-corrected chi connectivity index (χ4v) is 4.49. The van der Waals surface area contributed by atoms with E-state index in [-0.39, 0.29) is 17.9 Å². The van der Waals surface area contributed by atoms with E-state index < -0.39 is 18.5 Å². The first-order valence-corrected chi connectivity index (χ1v) is 10.5. The Morgan fingerprint density at radius 3 is 2.70 bits per heavy atom. The van der Waals surface area contributed by atoms with Crippen LogP contribution in [-0.4, -0.2) is 33.1 Å². The van der Waals surface area contributed by atoms with Crippen molar-refractivity contribution in [1.29, 1.82) is 0 Å². The van der Waals surface area contributed by atoms with Crippen LogP contribution < -0.4 is 10.9 Å². The van der Waals surface area contributed by atoms with E-state index >= 15 is 0 Å². The minimum atomic E-state index is -0.730. The van der Waals surface area contributed by atoms with Crippen LogP contribution in [0.5, 0.6) is 5.75 Å². The molecular formula is C20H15N3O5S2. The van der Waals surface area contributed by atoms with Gasteiger partial charge < -0.3 is 15.2 Å². The highest BCUT2D eigenvalue weighted by molar-refractivity contribution is 7.18. The van der Waals surface area contributed by atoms with Gasteiger partial charge >= 0.3 is 5.97 Å². The number of benzene rings is 1. The van der Waals surface area contributed by atoms with E-state index in [0.29, 0.717) is 15.9 Å². The van der Waals surface area contributed by atoms with E-state index in [1.807, 2.05) is 22.9 Å². The first-order valence-electron chi connectivity index (χ1n) is 8.76. The molecule has 0 bridgehead atoms. The Hall–Kier alpha value is -3.50. The fourth-order valence-electron chi connectivity index (χ4n) is 2.77. The predicted octanol–water partition coefficient (Wildman–Crippen LogP) is 3.07. The monoisotopic (exact) mass is 441 g/mol. The summed E-state index contributed by atoms with van der Waals surface area (Å²) in [6, 6.07) is 9.70. The normalized spacial score (nSPS) is 10.8. The third-order valence-corrected chi connectivity index (χ3v) is 5.95. The van der Waals surface area contributed by atoms with E-state index in [1.165, 1.54) is 57.8 Å². The number of rotatable bonds is 6. The molecule has 0 radical (unpaired) electrons. The van der Waals surface area contributed by atoms with Gasteiger partial charge in [0.05, 0.1) is 11.7 Å². The van der Waals surface area contributed by atoms with Crippen LogP contribution in [0.4, 0.5) is 5.69 Å². The molecule has 3 aromatic heterocycles. The Morgan fingerprint density at radius 2 is 1.97 bits per heavy atom. The number of aromatic hydroxyl groups is 1. The minimum Gasteiger partial charge on any atom is -0.508 e. The van der Waals surface area contributed by atoms with Crippen molar-refractivity contribution in [2.75, 3.05) is 11.9 Å². The summed E-state index contributed by atoms with van der Waals surface area (Å²) in [6.07, 6.45) is 1.30. The number of carbonyl (C=O) groups excluding carboxylic acids is 2. The van der Waals surface area contributed by atoms with Gasteiger partial charge in [-0.15, -0.1) is 22.7 Å². The summed E-state index contributed by atoms with van der Waals surface area (Å²) in [7, 11) is 0. The average molecular weight is 441 g/mol. The van der Waals surface area contributed by atoms with Gasteiger partial charge in [-0.3, -0.25) is 19.0 Å². The molecule has 1 amide bonds. The molecule has 0 saturated heterocycles. The minimum absolute atomic E-state index is 0.0725. The molecule has 0 atom stereocenters. The zero-order chi connectivity index (χ0) is 21.1. The summed E-state index contributed by atoms with van der Waals surface area (Å²) in [6.45, 7) is -0.850. The van der Waals surface area contributed by atoms with Crippen molar-refractivity contribution >= 4 is 50.5 Å². The summed E-state index contributed by atoms with van der Waals surface area (Å²) >= 11 is 2.88. The highest BCUT2D eigenvalue weighted by Crippen LogP contribution is 2.33. The Bertz CT molecular complexity index is 1260. The maximum atomic E-state index is 12.9. The van der Waals surface area contributed by atoms with Gasteiger partial charge in [0.25, 0.3) is 11.5 Å². The second-order valence-electron chi connectivity index (χ2n) is 6.24. The van der Waals surface area contributed by atoms with Crippen LogP contribution in [0, 0.1) is 0 Å².